The summed E-state index contributed by atoms with van der Waals surface area (Å²) in [5.41, 5.74) is 2.42. The van der Waals surface area contributed by atoms with Gasteiger partial charge in [-0.1, -0.05) is 60.7 Å². The summed E-state index contributed by atoms with van der Waals surface area (Å²) in [4.78, 5) is 12.2. The Bertz CT molecular complexity index is 766. The number of nitrogens with zero attached hydrogens (tertiary/aromatic N) is 2. The van der Waals surface area contributed by atoms with Crippen LogP contribution in [-0.2, 0) is 17.8 Å². The summed E-state index contributed by atoms with van der Waals surface area (Å²) in [6, 6.07) is 22.2. The van der Waals surface area contributed by atoms with Gasteiger partial charge in [0.25, 0.3) is 0 Å². The molecular weight excluding hydrogens is 298 g/mol. The van der Waals surface area contributed by atoms with Gasteiger partial charge in [-0.3, -0.25) is 4.79 Å². The van der Waals surface area contributed by atoms with Gasteiger partial charge in [-0.2, -0.15) is 5.10 Å². The molecule has 1 heterocycles. The van der Waals surface area contributed by atoms with E-state index in [1.807, 2.05) is 59.3 Å². The smallest absolute Gasteiger partial charge is 0.225 e. The Balaban J connectivity index is 1.51. The van der Waals surface area contributed by atoms with Crippen molar-refractivity contribution < 1.29 is 4.79 Å². The molecule has 3 rings (SSSR count). The summed E-state index contributed by atoms with van der Waals surface area (Å²) in [6.07, 6.45) is 3.97. The molecule has 0 aliphatic carbocycles. The third-order valence-electron chi connectivity index (χ3n) is 3.87. The van der Waals surface area contributed by atoms with Crippen LogP contribution in [0.25, 0.3) is 0 Å². The number of nitrogens with one attached hydrogen (secondary N) is 1. The second kappa shape index (κ2) is 8.11. The van der Waals surface area contributed by atoms with Gasteiger partial charge >= 0.3 is 0 Å². The number of carbonyl (C=O) groups is 1. The van der Waals surface area contributed by atoms with E-state index in [1.54, 1.807) is 6.20 Å². The van der Waals surface area contributed by atoms with Gasteiger partial charge in [0.2, 0.25) is 5.91 Å². The second-order valence-electron chi connectivity index (χ2n) is 5.75. The Morgan fingerprint density at radius 2 is 1.58 bits per heavy atom. The summed E-state index contributed by atoms with van der Waals surface area (Å²) < 4.78 is 1.81. The monoisotopic (exact) mass is 319 g/mol. The first-order chi connectivity index (χ1) is 11.8. The van der Waals surface area contributed by atoms with Crippen LogP contribution in [0.3, 0.4) is 0 Å². The van der Waals surface area contributed by atoms with Crippen molar-refractivity contribution in [3.8, 4) is 0 Å². The van der Waals surface area contributed by atoms with Crippen LogP contribution in [-0.4, -0.2) is 15.7 Å². The molecule has 0 bridgehead atoms. The molecule has 1 amide bonds. The molecule has 2 aromatic carbocycles. The third kappa shape index (κ3) is 4.56. The highest BCUT2D eigenvalue weighted by Crippen LogP contribution is 2.11. The Morgan fingerprint density at radius 1 is 0.917 bits per heavy atom. The Morgan fingerprint density at radius 3 is 2.29 bits per heavy atom. The van der Waals surface area contributed by atoms with Crippen molar-refractivity contribution in [2.75, 3.05) is 5.32 Å². The number of rotatable bonds is 7. The molecule has 0 aliphatic heterocycles. The maximum atomic E-state index is 12.2. The molecule has 24 heavy (non-hydrogen) atoms. The van der Waals surface area contributed by atoms with E-state index in [0.717, 1.165) is 24.2 Å². The highest BCUT2D eigenvalue weighted by molar-refractivity contribution is 5.89. The molecule has 122 valence electrons. The lowest BCUT2D eigenvalue weighted by molar-refractivity contribution is -0.116. The van der Waals surface area contributed by atoms with E-state index < -0.39 is 0 Å². The summed E-state index contributed by atoms with van der Waals surface area (Å²) in [6.45, 7) is 0.646. The van der Waals surface area contributed by atoms with Crippen LogP contribution in [0.4, 0.5) is 5.82 Å². The predicted octanol–water partition coefficient (Wildman–Crippen LogP) is 3.89. The Labute approximate surface area is 142 Å². The number of benzene rings is 2. The van der Waals surface area contributed by atoms with Crippen molar-refractivity contribution in [1.82, 2.24) is 9.78 Å². The molecule has 0 radical (unpaired) electrons. The molecule has 0 unspecified atom stereocenters. The zero-order chi connectivity index (χ0) is 16.6. The molecule has 4 nitrogen and oxygen atoms in total. The number of aromatic nitrogens is 2. The number of carbonyl (C=O) groups excluding carboxylic acids is 1. The van der Waals surface area contributed by atoms with Crippen LogP contribution >= 0.6 is 0 Å². The zero-order valence-corrected chi connectivity index (χ0v) is 13.6. The summed E-state index contributed by atoms with van der Waals surface area (Å²) in [5.74, 6) is 0.768. The van der Waals surface area contributed by atoms with Crippen molar-refractivity contribution in [1.29, 1.82) is 0 Å². The van der Waals surface area contributed by atoms with Crippen molar-refractivity contribution in [3.63, 3.8) is 0 Å². The largest absolute Gasteiger partial charge is 0.311 e. The number of anilines is 1. The van der Waals surface area contributed by atoms with Gasteiger partial charge in [-0.25, -0.2) is 4.68 Å². The fraction of sp³-hybridized carbons (Fsp3) is 0.200. The quantitative estimate of drug-likeness (QED) is 0.718. The van der Waals surface area contributed by atoms with Gasteiger partial charge in [0.1, 0.15) is 5.82 Å². The van der Waals surface area contributed by atoms with Crippen molar-refractivity contribution in [3.05, 3.63) is 84.1 Å². The minimum absolute atomic E-state index is 0.0285. The predicted molar refractivity (Wildman–Crippen MR) is 95.8 cm³/mol. The van der Waals surface area contributed by atoms with Crippen LogP contribution < -0.4 is 5.32 Å². The van der Waals surface area contributed by atoms with E-state index in [2.05, 4.69) is 22.5 Å². The average molecular weight is 319 g/mol. The number of aryl methyl sites for hydroxylation is 1. The molecule has 0 fully saturated rings. The minimum atomic E-state index is 0.0285. The number of hydrogen-bond acceptors (Lipinski definition) is 2. The highest BCUT2D eigenvalue weighted by Gasteiger charge is 2.08. The standard InChI is InChI=1S/C20H21N3O/c24-20(13-7-12-17-8-3-1-4-9-17)22-19-14-15-21-23(19)16-18-10-5-2-6-11-18/h1-6,8-11,14-15H,7,12-13,16H2,(H,22,24). The molecule has 4 heteroatoms. The van der Waals surface area contributed by atoms with E-state index in [0.29, 0.717) is 13.0 Å². The van der Waals surface area contributed by atoms with Crippen molar-refractivity contribution in [2.45, 2.75) is 25.8 Å². The van der Waals surface area contributed by atoms with E-state index in [9.17, 15) is 4.79 Å². The average Bonchev–Trinajstić information content (AvgIpc) is 3.03. The minimum Gasteiger partial charge on any atom is -0.311 e. The first-order valence-corrected chi connectivity index (χ1v) is 8.21. The molecular formula is C20H21N3O. The summed E-state index contributed by atoms with van der Waals surface area (Å²) >= 11 is 0. The van der Waals surface area contributed by atoms with E-state index in [4.69, 9.17) is 0 Å². The van der Waals surface area contributed by atoms with Gasteiger partial charge in [-0.05, 0) is 24.0 Å². The maximum Gasteiger partial charge on any atom is 0.225 e. The number of amides is 1. The molecule has 0 saturated heterocycles. The van der Waals surface area contributed by atoms with E-state index >= 15 is 0 Å². The Kier molecular flexibility index (Phi) is 5.40. The molecule has 0 saturated carbocycles. The fourth-order valence-corrected chi connectivity index (χ4v) is 2.62. The van der Waals surface area contributed by atoms with Crippen LogP contribution in [0.1, 0.15) is 24.0 Å². The van der Waals surface area contributed by atoms with Gasteiger partial charge in [0, 0.05) is 12.5 Å². The fourth-order valence-electron chi connectivity index (χ4n) is 2.62. The summed E-state index contributed by atoms with van der Waals surface area (Å²) in [5, 5.41) is 7.25. The highest BCUT2D eigenvalue weighted by atomic mass is 16.1. The van der Waals surface area contributed by atoms with Crippen molar-refractivity contribution in [2.24, 2.45) is 0 Å². The van der Waals surface area contributed by atoms with E-state index in [1.165, 1.54) is 5.56 Å². The summed E-state index contributed by atoms with van der Waals surface area (Å²) in [7, 11) is 0. The second-order valence-corrected chi connectivity index (χ2v) is 5.75. The molecule has 1 aromatic heterocycles. The van der Waals surface area contributed by atoms with Crippen LogP contribution in [0.2, 0.25) is 0 Å². The SMILES string of the molecule is O=C(CCCc1ccccc1)Nc1ccnn1Cc1ccccc1. The van der Waals surface area contributed by atoms with Crippen LogP contribution in [0.15, 0.2) is 72.9 Å². The molecule has 3 aromatic rings. The normalized spacial score (nSPS) is 10.5. The van der Waals surface area contributed by atoms with Gasteiger partial charge in [0.15, 0.2) is 0 Å². The molecule has 0 spiro atoms. The van der Waals surface area contributed by atoms with Crippen molar-refractivity contribution >= 4 is 11.7 Å². The first kappa shape index (κ1) is 16.0. The van der Waals surface area contributed by atoms with Crippen LogP contribution in [0, 0.1) is 0 Å². The molecule has 0 aliphatic rings. The van der Waals surface area contributed by atoms with Gasteiger partial charge in [-0.15, -0.1) is 0 Å². The van der Waals surface area contributed by atoms with Gasteiger partial charge < -0.3 is 5.32 Å². The number of hydrogen-bond donors (Lipinski definition) is 1. The van der Waals surface area contributed by atoms with Crippen LogP contribution in [0.5, 0.6) is 0 Å². The first-order valence-electron chi connectivity index (χ1n) is 8.21. The Hall–Kier alpha value is -2.88. The molecule has 0 atom stereocenters. The third-order valence-corrected chi connectivity index (χ3v) is 3.87. The lowest BCUT2D eigenvalue weighted by atomic mass is 10.1. The maximum absolute atomic E-state index is 12.2. The van der Waals surface area contributed by atoms with Gasteiger partial charge in [0.05, 0.1) is 12.7 Å². The lowest BCUT2D eigenvalue weighted by Gasteiger charge is -2.09. The molecule has 1 N–H and O–H groups in total. The van der Waals surface area contributed by atoms with E-state index in [-0.39, 0.29) is 5.91 Å². The lowest BCUT2D eigenvalue weighted by Crippen LogP contribution is -2.16. The zero-order valence-electron chi connectivity index (χ0n) is 13.6. The topological polar surface area (TPSA) is 46.9 Å².